The molecule has 1 aliphatic heterocycles. The van der Waals surface area contributed by atoms with Crippen LogP contribution in [0.25, 0.3) is 0 Å². The molecule has 3 aromatic rings. The predicted molar refractivity (Wildman–Crippen MR) is 118 cm³/mol. The molecule has 1 heterocycles. The van der Waals surface area contributed by atoms with Gasteiger partial charge in [-0.05, 0) is 43.3 Å². The van der Waals surface area contributed by atoms with Gasteiger partial charge in [0.15, 0.2) is 6.61 Å². The zero-order valence-corrected chi connectivity index (χ0v) is 17.6. The van der Waals surface area contributed by atoms with Crippen molar-refractivity contribution in [2.24, 2.45) is 0 Å². The minimum Gasteiger partial charge on any atom is -0.454 e. The van der Waals surface area contributed by atoms with Crippen LogP contribution in [-0.2, 0) is 14.3 Å². The number of para-hydroxylation sites is 2. The summed E-state index contributed by atoms with van der Waals surface area (Å²) in [5, 5.41) is 2.59. The van der Waals surface area contributed by atoms with Crippen LogP contribution in [0.3, 0.4) is 0 Å². The van der Waals surface area contributed by atoms with E-state index in [2.05, 4.69) is 5.32 Å². The maximum absolute atomic E-state index is 13.0. The van der Waals surface area contributed by atoms with Crippen molar-refractivity contribution in [1.29, 1.82) is 0 Å². The van der Waals surface area contributed by atoms with Gasteiger partial charge < -0.3 is 10.1 Å². The number of nitrogens with zero attached hydrogens (tertiary/aromatic N) is 1. The number of hydrogen-bond donors (Lipinski definition) is 1. The molecule has 156 valence electrons. The summed E-state index contributed by atoms with van der Waals surface area (Å²) in [6.07, 6.45) is 0. The van der Waals surface area contributed by atoms with Crippen molar-refractivity contribution in [3.63, 3.8) is 0 Å². The van der Waals surface area contributed by atoms with Crippen LogP contribution in [-0.4, -0.2) is 30.4 Å². The van der Waals surface area contributed by atoms with Gasteiger partial charge in [0.25, 0.3) is 11.8 Å². The summed E-state index contributed by atoms with van der Waals surface area (Å²) in [5.41, 5.74) is 1.94. The number of carbonyl (C=O) groups excluding carboxylic acids is 3. The Hall–Kier alpha value is -3.58. The van der Waals surface area contributed by atoms with Gasteiger partial charge in [0, 0.05) is 15.4 Å². The standard InChI is InChI=1S/C24H20N2O4S/c1-16(25-23(28)17-9-3-2-4-10-17)24(29)30-15-22(27)26-18-11-5-7-13-20(18)31-21-14-8-6-12-19(21)26/h2-14,16H,15H2,1H3,(H,25,28)/t16-/m1/s1. The summed E-state index contributed by atoms with van der Waals surface area (Å²) in [6, 6.07) is 22.9. The van der Waals surface area contributed by atoms with Crippen molar-refractivity contribution in [1.82, 2.24) is 5.32 Å². The third-order valence-electron chi connectivity index (χ3n) is 4.76. The average Bonchev–Trinajstić information content (AvgIpc) is 2.81. The Kier molecular flexibility index (Phi) is 6.04. The van der Waals surface area contributed by atoms with E-state index in [9.17, 15) is 14.4 Å². The quantitative estimate of drug-likeness (QED) is 0.612. The largest absolute Gasteiger partial charge is 0.454 e. The van der Waals surface area contributed by atoms with Crippen molar-refractivity contribution in [2.75, 3.05) is 11.5 Å². The highest BCUT2D eigenvalue weighted by Crippen LogP contribution is 2.47. The van der Waals surface area contributed by atoms with Gasteiger partial charge in [-0.25, -0.2) is 4.79 Å². The second-order valence-electron chi connectivity index (χ2n) is 6.94. The first kappa shape index (κ1) is 20.7. The summed E-state index contributed by atoms with van der Waals surface area (Å²) in [5.74, 6) is -1.42. The summed E-state index contributed by atoms with van der Waals surface area (Å²) in [6.45, 7) is 1.09. The lowest BCUT2D eigenvalue weighted by Crippen LogP contribution is -2.41. The van der Waals surface area contributed by atoms with Crippen LogP contribution >= 0.6 is 11.8 Å². The molecule has 6 nitrogen and oxygen atoms in total. The van der Waals surface area contributed by atoms with Crippen LogP contribution < -0.4 is 10.2 Å². The maximum atomic E-state index is 13.0. The van der Waals surface area contributed by atoms with Gasteiger partial charge in [-0.1, -0.05) is 54.2 Å². The smallest absolute Gasteiger partial charge is 0.328 e. The second kappa shape index (κ2) is 9.06. The highest BCUT2D eigenvalue weighted by Gasteiger charge is 2.29. The Labute approximate surface area is 184 Å². The highest BCUT2D eigenvalue weighted by atomic mass is 32.2. The first-order valence-electron chi connectivity index (χ1n) is 9.76. The van der Waals surface area contributed by atoms with Gasteiger partial charge in [-0.3, -0.25) is 14.5 Å². The van der Waals surface area contributed by atoms with Gasteiger partial charge in [0.1, 0.15) is 6.04 Å². The zero-order chi connectivity index (χ0) is 21.8. The number of nitrogens with one attached hydrogen (secondary N) is 1. The molecule has 0 radical (unpaired) electrons. The monoisotopic (exact) mass is 432 g/mol. The molecular weight excluding hydrogens is 412 g/mol. The summed E-state index contributed by atoms with van der Waals surface area (Å²) in [7, 11) is 0. The van der Waals surface area contributed by atoms with Crippen molar-refractivity contribution in [2.45, 2.75) is 22.8 Å². The third kappa shape index (κ3) is 4.46. The van der Waals surface area contributed by atoms with Crippen molar-refractivity contribution < 1.29 is 19.1 Å². The first-order chi connectivity index (χ1) is 15.0. The summed E-state index contributed by atoms with van der Waals surface area (Å²) < 4.78 is 5.23. The molecule has 0 spiro atoms. The van der Waals surface area contributed by atoms with E-state index in [1.165, 1.54) is 6.92 Å². The minimum absolute atomic E-state index is 0.366. The molecule has 1 atom stereocenters. The lowest BCUT2D eigenvalue weighted by Gasteiger charge is -2.30. The molecule has 0 aromatic heterocycles. The van der Waals surface area contributed by atoms with Gasteiger partial charge in [-0.15, -0.1) is 0 Å². The molecule has 1 aliphatic rings. The fraction of sp³-hybridized carbons (Fsp3) is 0.125. The van der Waals surface area contributed by atoms with Crippen LogP contribution in [0.15, 0.2) is 88.7 Å². The topological polar surface area (TPSA) is 75.7 Å². The lowest BCUT2D eigenvalue weighted by molar-refractivity contribution is -0.149. The van der Waals surface area contributed by atoms with Crippen LogP contribution in [0.5, 0.6) is 0 Å². The Balaban J connectivity index is 1.43. The molecule has 4 rings (SSSR count). The van der Waals surface area contributed by atoms with Crippen LogP contribution in [0.1, 0.15) is 17.3 Å². The fourth-order valence-corrected chi connectivity index (χ4v) is 4.28. The number of amides is 2. The van der Waals surface area contributed by atoms with E-state index in [-0.39, 0.29) is 11.8 Å². The van der Waals surface area contributed by atoms with E-state index in [0.717, 1.165) is 21.2 Å². The lowest BCUT2D eigenvalue weighted by atomic mass is 10.2. The normalized spacial score (nSPS) is 12.9. The number of benzene rings is 3. The number of rotatable bonds is 5. The zero-order valence-electron chi connectivity index (χ0n) is 16.8. The van der Waals surface area contributed by atoms with Crippen molar-refractivity contribution >= 4 is 40.9 Å². The highest BCUT2D eigenvalue weighted by molar-refractivity contribution is 7.99. The Morgan fingerprint density at radius 2 is 1.42 bits per heavy atom. The summed E-state index contributed by atoms with van der Waals surface area (Å²) >= 11 is 1.59. The molecule has 2 amide bonds. The predicted octanol–water partition coefficient (Wildman–Crippen LogP) is 4.18. The van der Waals surface area contributed by atoms with E-state index in [4.69, 9.17) is 4.74 Å². The molecule has 0 saturated heterocycles. The number of carbonyl (C=O) groups is 3. The van der Waals surface area contributed by atoms with E-state index < -0.39 is 18.6 Å². The molecule has 1 N–H and O–H groups in total. The second-order valence-corrected chi connectivity index (χ2v) is 8.02. The Bertz CT molecular complexity index is 1090. The van der Waals surface area contributed by atoms with E-state index in [1.54, 1.807) is 47.0 Å². The maximum Gasteiger partial charge on any atom is 0.328 e. The minimum atomic E-state index is -0.892. The number of ether oxygens (including phenoxy) is 1. The molecular formula is C24H20N2O4S. The number of esters is 1. The molecule has 3 aromatic carbocycles. The SMILES string of the molecule is C[C@@H](NC(=O)c1ccccc1)C(=O)OCC(=O)N1c2ccccc2Sc2ccccc21. The molecule has 0 aliphatic carbocycles. The molecule has 0 fully saturated rings. The van der Waals surface area contributed by atoms with Crippen molar-refractivity contribution in [3.8, 4) is 0 Å². The average molecular weight is 433 g/mol. The Morgan fingerprint density at radius 1 is 0.871 bits per heavy atom. The van der Waals surface area contributed by atoms with Crippen LogP contribution in [0.2, 0.25) is 0 Å². The van der Waals surface area contributed by atoms with E-state index in [1.807, 2.05) is 48.5 Å². The van der Waals surface area contributed by atoms with Crippen LogP contribution in [0.4, 0.5) is 11.4 Å². The fourth-order valence-electron chi connectivity index (χ4n) is 3.22. The van der Waals surface area contributed by atoms with Gasteiger partial charge in [0.2, 0.25) is 0 Å². The first-order valence-corrected chi connectivity index (χ1v) is 10.6. The van der Waals surface area contributed by atoms with Gasteiger partial charge in [-0.2, -0.15) is 0 Å². The number of anilines is 2. The Morgan fingerprint density at radius 3 is 2.03 bits per heavy atom. The van der Waals surface area contributed by atoms with E-state index >= 15 is 0 Å². The molecule has 0 unspecified atom stereocenters. The summed E-state index contributed by atoms with van der Waals surface area (Å²) in [4.78, 5) is 41.1. The van der Waals surface area contributed by atoms with Crippen molar-refractivity contribution in [3.05, 3.63) is 84.4 Å². The molecule has 0 bridgehead atoms. The molecule has 7 heteroatoms. The number of fused-ring (bicyclic) bond motifs is 2. The molecule has 0 saturated carbocycles. The van der Waals surface area contributed by atoms with E-state index in [0.29, 0.717) is 5.56 Å². The number of hydrogen-bond acceptors (Lipinski definition) is 5. The van der Waals surface area contributed by atoms with Gasteiger partial charge >= 0.3 is 5.97 Å². The van der Waals surface area contributed by atoms with Crippen LogP contribution in [0, 0.1) is 0 Å². The molecule has 31 heavy (non-hydrogen) atoms. The third-order valence-corrected chi connectivity index (χ3v) is 5.89. The van der Waals surface area contributed by atoms with Gasteiger partial charge in [0.05, 0.1) is 11.4 Å².